The number of nitrogens with zero attached hydrogens (tertiary/aromatic N) is 1. The van der Waals surface area contributed by atoms with Crippen LogP contribution in [0.2, 0.25) is 0 Å². The van der Waals surface area contributed by atoms with Gasteiger partial charge in [0.1, 0.15) is 5.70 Å². The monoisotopic (exact) mass is 172 g/mol. The number of likely N-dealkylation sites (N-methyl/N-ethyl adjacent to an activating group) is 1. The molecule has 0 aliphatic carbocycles. The van der Waals surface area contributed by atoms with Gasteiger partial charge in [-0.05, 0) is 0 Å². The Labute approximate surface area is 70.8 Å². The number of nitrogens with two attached hydrogens (primary N) is 1. The van der Waals surface area contributed by atoms with E-state index in [9.17, 15) is 9.59 Å². The molecule has 0 aromatic heterocycles. The molecule has 0 fully saturated rings. The van der Waals surface area contributed by atoms with E-state index in [-0.39, 0.29) is 5.70 Å². The van der Waals surface area contributed by atoms with Gasteiger partial charge in [-0.3, -0.25) is 4.79 Å². The topological polar surface area (TPSA) is 72.6 Å². The van der Waals surface area contributed by atoms with Gasteiger partial charge in [0.2, 0.25) is 0 Å². The summed E-state index contributed by atoms with van der Waals surface area (Å²) in [6, 6.07) is 0. The summed E-state index contributed by atoms with van der Waals surface area (Å²) < 4.78 is 4.28. The zero-order valence-corrected chi connectivity index (χ0v) is 7.33. The first-order chi connectivity index (χ1) is 5.49. The Balaban J connectivity index is 4.38. The van der Waals surface area contributed by atoms with Gasteiger partial charge in [0.25, 0.3) is 5.91 Å². The van der Waals surface area contributed by atoms with Crippen molar-refractivity contribution in [1.29, 1.82) is 0 Å². The summed E-state index contributed by atoms with van der Waals surface area (Å²) in [6.45, 7) is 0. The van der Waals surface area contributed by atoms with Gasteiger partial charge in [-0.15, -0.1) is 0 Å². The SMILES string of the molecule is COC(=O)/C=C(\N)C(=O)N(C)C. The number of rotatable bonds is 2. The van der Waals surface area contributed by atoms with Crippen LogP contribution in [0.1, 0.15) is 0 Å². The van der Waals surface area contributed by atoms with E-state index in [0.717, 1.165) is 6.08 Å². The molecule has 5 heteroatoms. The summed E-state index contributed by atoms with van der Waals surface area (Å²) in [5.41, 5.74) is 5.13. The lowest BCUT2D eigenvalue weighted by atomic mass is 10.3. The molecule has 1 amide bonds. The highest BCUT2D eigenvalue weighted by molar-refractivity contribution is 5.98. The molecular formula is C7H12N2O3. The second-order valence-electron chi connectivity index (χ2n) is 2.32. The normalized spacial score (nSPS) is 10.8. The Morgan fingerprint density at radius 1 is 1.42 bits per heavy atom. The second-order valence-corrected chi connectivity index (χ2v) is 2.32. The van der Waals surface area contributed by atoms with E-state index >= 15 is 0 Å². The Morgan fingerprint density at radius 2 is 1.92 bits per heavy atom. The summed E-state index contributed by atoms with van der Waals surface area (Å²) in [5, 5.41) is 0. The van der Waals surface area contributed by atoms with Gasteiger partial charge in [0.15, 0.2) is 0 Å². The van der Waals surface area contributed by atoms with Crippen LogP contribution in [0.5, 0.6) is 0 Å². The molecule has 0 rings (SSSR count). The maximum absolute atomic E-state index is 11.0. The van der Waals surface area contributed by atoms with Crippen molar-refractivity contribution in [3.8, 4) is 0 Å². The Kier molecular flexibility index (Phi) is 3.82. The number of hydrogen-bond donors (Lipinski definition) is 1. The maximum atomic E-state index is 11.0. The largest absolute Gasteiger partial charge is 0.466 e. The van der Waals surface area contributed by atoms with Gasteiger partial charge in [-0.2, -0.15) is 0 Å². The van der Waals surface area contributed by atoms with E-state index in [1.165, 1.54) is 12.0 Å². The van der Waals surface area contributed by atoms with Crippen LogP contribution >= 0.6 is 0 Å². The minimum atomic E-state index is -0.636. The van der Waals surface area contributed by atoms with E-state index in [4.69, 9.17) is 5.73 Å². The first-order valence-corrected chi connectivity index (χ1v) is 3.25. The van der Waals surface area contributed by atoms with Crippen LogP contribution in [0.4, 0.5) is 0 Å². The molecule has 0 saturated carbocycles. The van der Waals surface area contributed by atoms with Gasteiger partial charge >= 0.3 is 5.97 Å². The summed E-state index contributed by atoms with van der Waals surface area (Å²) in [5.74, 6) is -1.05. The lowest BCUT2D eigenvalue weighted by molar-refractivity contribution is -0.135. The highest BCUT2D eigenvalue weighted by Gasteiger charge is 2.08. The van der Waals surface area contributed by atoms with E-state index in [2.05, 4.69) is 4.74 Å². The van der Waals surface area contributed by atoms with Crippen LogP contribution in [0, 0.1) is 0 Å². The van der Waals surface area contributed by atoms with E-state index in [1.807, 2.05) is 0 Å². The lowest BCUT2D eigenvalue weighted by Gasteiger charge is -2.09. The molecule has 0 atom stereocenters. The van der Waals surface area contributed by atoms with Gasteiger partial charge in [0, 0.05) is 14.1 Å². The molecule has 0 aromatic carbocycles. The zero-order chi connectivity index (χ0) is 9.72. The average molecular weight is 172 g/mol. The minimum absolute atomic E-state index is 0.133. The number of carbonyl (C=O) groups is 2. The molecule has 68 valence electrons. The summed E-state index contributed by atoms with van der Waals surface area (Å²) in [4.78, 5) is 22.9. The standard InChI is InChI=1S/C7H12N2O3/c1-9(2)7(11)5(8)4-6(10)12-3/h4H,8H2,1-3H3/b5-4-. The fourth-order valence-corrected chi connectivity index (χ4v) is 0.506. The van der Waals surface area contributed by atoms with Crippen molar-refractivity contribution in [1.82, 2.24) is 4.90 Å². The van der Waals surface area contributed by atoms with Crippen LogP contribution in [0.25, 0.3) is 0 Å². The van der Waals surface area contributed by atoms with Crippen molar-refractivity contribution in [2.24, 2.45) is 5.73 Å². The average Bonchev–Trinajstić information content (AvgIpc) is 2.02. The predicted octanol–water partition coefficient (Wildman–Crippen LogP) is -0.910. The van der Waals surface area contributed by atoms with Crippen LogP contribution in [0.15, 0.2) is 11.8 Å². The van der Waals surface area contributed by atoms with Crippen molar-refractivity contribution >= 4 is 11.9 Å². The van der Waals surface area contributed by atoms with Crippen LogP contribution < -0.4 is 5.73 Å². The third-order valence-corrected chi connectivity index (χ3v) is 1.13. The van der Waals surface area contributed by atoms with Crippen LogP contribution in [-0.4, -0.2) is 38.0 Å². The highest BCUT2D eigenvalue weighted by atomic mass is 16.5. The summed E-state index contributed by atoms with van der Waals surface area (Å²) in [7, 11) is 4.30. The molecule has 0 heterocycles. The molecule has 0 spiro atoms. The molecule has 0 saturated heterocycles. The van der Waals surface area contributed by atoms with Crippen LogP contribution in [0.3, 0.4) is 0 Å². The second kappa shape index (κ2) is 4.38. The fourth-order valence-electron chi connectivity index (χ4n) is 0.506. The predicted molar refractivity (Wildman–Crippen MR) is 43.0 cm³/mol. The smallest absolute Gasteiger partial charge is 0.332 e. The van der Waals surface area contributed by atoms with Gasteiger partial charge in [-0.1, -0.05) is 0 Å². The van der Waals surface area contributed by atoms with Gasteiger partial charge in [0.05, 0.1) is 13.2 Å². The number of hydrogen-bond acceptors (Lipinski definition) is 4. The summed E-state index contributed by atoms with van der Waals surface area (Å²) >= 11 is 0. The first-order valence-electron chi connectivity index (χ1n) is 3.25. The molecule has 0 aliphatic heterocycles. The van der Waals surface area contributed by atoms with Gasteiger partial charge in [-0.25, -0.2) is 4.79 Å². The van der Waals surface area contributed by atoms with Crippen LogP contribution in [-0.2, 0) is 14.3 Å². The summed E-state index contributed by atoms with van der Waals surface area (Å²) in [6.07, 6.45) is 0.947. The molecule has 0 bridgehead atoms. The third-order valence-electron chi connectivity index (χ3n) is 1.13. The third kappa shape index (κ3) is 3.05. The molecule has 0 aliphatic rings. The van der Waals surface area contributed by atoms with Gasteiger partial charge < -0.3 is 15.4 Å². The van der Waals surface area contributed by atoms with E-state index in [1.54, 1.807) is 14.1 Å². The molecule has 0 aromatic rings. The van der Waals surface area contributed by atoms with E-state index < -0.39 is 11.9 Å². The molecule has 12 heavy (non-hydrogen) atoms. The molecule has 0 radical (unpaired) electrons. The molecular weight excluding hydrogens is 160 g/mol. The van der Waals surface area contributed by atoms with Crippen molar-refractivity contribution < 1.29 is 14.3 Å². The zero-order valence-electron chi connectivity index (χ0n) is 7.33. The van der Waals surface area contributed by atoms with Crippen molar-refractivity contribution in [3.63, 3.8) is 0 Å². The molecule has 5 nitrogen and oxygen atoms in total. The molecule has 2 N–H and O–H groups in total. The Hall–Kier alpha value is -1.52. The number of carbonyl (C=O) groups excluding carboxylic acids is 2. The quantitative estimate of drug-likeness (QED) is 0.432. The highest BCUT2D eigenvalue weighted by Crippen LogP contribution is 1.90. The minimum Gasteiger partial charge on any atom is -0.466 e. The molecule has 0 unspecified atom stereocenters. The Bertz CT molecular complexity index is 221. The van der Waals surface area contributed by atoms with E-state index in [0.29, 0.717) is 0 Å². The fraction of sp³-hybridized carbons (Fsp3) is 0.429. The van der Waals surface area contributed by atoms with Crippen molar-refractivity contribution in [2.45, 2.75) is 0 Å². The number of ether oxygens (including phenoxy) is 1. The Morgan fingerprint density at radius 3 is 2.25 bits per heavy atom. The van der Waals surface area contributed by atoms with Crippen molar-refractivity contribution in [2.75, 3.05) is 21.2 Å². The first kappa shape index (κ1) is 10.5. The van der Waals surface area contributed by atoms with Crippen molar-refractivity contribution in [3.05, 3.63) is 11.8 Å². The number of methoxy groups -OCH3 is 1. The lowest BCUT2D eigenvalue weighted by Crippen LogP contribution is -2.28. The number of esters is 1. The maximum Gasteiger partial charge on any atom is 0.332 e. The number of amides is 1.